The maximum Gasteiger partial charge on any atom is 0.258 e. The highest BCUT2D eigenvalue weighted by Crippen LogP contribution is 2.25. The van der Waals surface area contributed by atoms with Crippen molar-refractivity contribution < 1.29 is 8.94 Å². The second kappa shape index (κ2) is 4.66. The van der Waals surface area contributed by atoms with Crippen molar-refractivity contribution >= 4 is 0 Å². The van der Waals surface area contributed by atoms with Crippen molar-refractivity contribution in [2.24, 2.45) is 5.73 Å². The van der Waals surface area contributed by atoms with Gasteiger partial charge in [0.15, 0.2) is 0 Å². The molecule has 0 aromatic carbocycles. The fourth-order valence-electron chi connectivity index (χ4n) is 1.79. The van der Waals surface area contributed by atoms with Gasteiger partial charge in [0.05, 0.1) is 17.5 Å². The smallest absolute Gasteiger partial charge is 0.258 e. The number of pyridine rings is 1. The summed E-state index contributed by atoms with van der Waals surface area (Å²) in [7, 11) is 0. The zero-order chi connectivity index (χ0) is 13.2. The van der Waals surface area contributed by atoms with Crippen LogP contribution in [0.5, 0.6) is 0 Å². The van der Waals surface area contributed by atoms with Gasteiger partial charge >= 0.3 is 0 Å². The molecule has 6 heteroatoms. The number of furan rings is 1. The van der Waals surface area contributed by atoms with Gasteiger partial charge in [-0.05, 0) is 25.1 Å². The molecule has 3 rings (SSSR count). The number of aryl methyl sites for hydroxylation is 1. The molecule has 0 radical (unpaired) electrons. The summed E-state index contributed by atoms with van der Waals surface area (Å²) in [4.78, 5) is 8.48. The molecule has 19 heavy (non-hydrogen) atoms. The summed E-state index contributed by atoms with van der Waals surface area (Å²) in [5, 5.41) is 3.95. The first-order chi connectivity index (χ1) is 9.28. The van der Waals surface area contributed by atoms with Crippen LogP contribution in [0.2, 0.25) is 0 Å². The Morgan fingerprint density at radius 2 is 2.21 bits per heavy atom. The number of nitrogens with zero attached hydrogens (tertiary/aromatic N) is 3. The number of hydrogen-bond acceptors (Lipinski definition) is 6. The zero-order valence-corrected chi connectivity index (χ0v) is 10.3. The van der Waals surface area contributed by atoms with Gasteiger partial charge in [0.25, 0.3) is 5.89 Å². The van der Waals surface area contributed by atoms with Gasteiger partial charge in [-0.3, -0.25) is 4.98 Å². The lowest BCUT2D eigenvalue weighted by Crippen LogP contribution is -1.98. The Morgan fingerprint density at radius 1 is 1.32 bits per heavy atom. The molecule has 0 saturated carbocycles. The largest absolute Gasteiger partial charge is 0.469 e. The van der Waals surface area contributed by atoms with Gasteiger partial charge in [-0.25, -0.2) is 0 Å². The molecule has 0 amide bonds. The average Bonchev–Trinajstić information content (AvgIpc) is 3.07. The van der Waals surface area contributed by atoms with Crippen molar-refractivity contribution in [1.82, 2.24) is 15.1 Å². The van der Waals surface area contributed by atoms with Crippen LogP contribution in [0.3, 0.4) is 0 Å². The molecule has 3 aromatic rings. The number of rotatable bonds is 3. The fraction of sp³-hybridized carbons (Fsp3) is 0.154. The zero-order valence-electron chi connectivity index (χ0n) is 10.3. The van der Waals surface area contributed by atoms with Crippen LogP contribution in [0.4, 0.5) is 0 Å². The molecule has 6 nitrogen and oxygen atoms in total. The van der Waals surface area contributed by atoms with E-state index in [2.05, 4.69) is 15.1 Å². The lowest BCUT2D eigenvalue weighted by atomic mass is 10.2. The minimum absolute atomic E-state index is 0.371. The molecule has 0 saturated heterocycles. The third kappa shape index (κ3) is 2.13. The quantitative estimate of drug-likeness (QED) is 0.772. The van der Waals surface area contributed by atoms with Crippen LogP contribution in [-0.2, 0) is 6.54 Å². The molecular weight excluding hydrogens is 244 g/mol. The van der Waals surface area contributed by atoms with Gasteiger partial charge in [0.2, 0.25) is 5.82 Å². The Balaban J connectivity index is 1.99. The van der Waals surface area contributed by atoms with Gasteiger partial charge in [-0.1, -0.05) is 5.16 Å². The molecular formula is C13H12N4O2. The Morgan fingerprint density at radius 3 is 2.95 bits per heavy atom. The lowest BCUT2D eigenvalue weighted by molar-refractivity contribution is 0.432. The van der Waals surface area contributed by atoms with Crippen LogP contribution >= 0.6 is 0 Å². The van der Waals surface area contributed by atoms with Crippen molar-refractivity contribution in [2.45, 2.75) is 13.5 Å². The molecule has 2 N–H and O–H groups in total. The van der Waals surface area contributed by atoms with Gasteiger partial charge < -0.3 is 14.7 Å². The molecule has 3 heterocycles. The monoisotopic (exact) mass is 256 g/mol. The highest BCUT2D eigenvalue weighted by Gasteiger charge is 2.14. The molecule has 0 atom stereocenters. The van der Waals surface area contributed by atoms with Crippen molar-refractivity contribution in [3.8, 4) is 22.8 Å². The summed E-state index contributed by atoms with van der Waals surface area (Å²) < 4.78 is 10.5. The minimum Gasteiger partial charge on any atom is -0.469 e. The molecule has 0 unspecified atom stereocenters. The van der Waals surface area contributed by atoms with Crippen LogP contribution in [0.25, 0.3) is 22.8 Å². The van der Waals surface area contributed by atoms with E-state index in [0.717, 1.165) is 22.6 Å². The Labute approximate surface area is 109 Å². The van der Waals surface area contributed by atoms with Crippen molar-refractivity contribution in [3.05, 3.63) is 42.1 Å². The molecule has 0 spiro atoms. The van der Waals surface area contributed by atoms with Crippen LogP contribution in [0.15, 0.2) is 39.6 Å². The van der Waals surface area contributed by atoms with Gasteiger partial charge in [0.1, 0.15) is 5.76 Å². The average molecular weight is 256 g/mol. The van der Waals surface area contributed by atoms with Crippen LogP contribution in [-0.4, -0.2) is 15.1 Å². The summed E-state index contributed by atoms with van der Waals surface area (Å²) in [6.45, 7) is 2.22. The van der Waals surface area contributed by atoms with E-state index in [1.807, 2.05) is 19.1 Å². The van der Waals surface area contributed by atoms with Crippen molar-refractivity contribution in [1.29, 1.82) is 0 Å². The third-order valence-electron chi connectivity index (χ3n) is 2.80. The lowest BCUT2D eigenvalue weighted by Gasteiger charge is -1.97. The maximum atomic E-state index is 5.56. The Kier molecular flexibility index (Phi) is 2.85. The van der Waals surface area contributed by atoms with E-state index in [4.69, 9.17) is 14.7 Å². The molecule has 0 fully saturated rings. The highest BCUT2D eigenvalue weighted by molar-refractivity contribution is 5.60. The molecule has 0 aliphatic rings. The summed E-state index contributed by atoms with van der Waals surface area (Å²) in [6, 6.07) is 5.44. The molecule has 3 aromatic heterocycles. The van der Waals surface area contributed by atoms with E-state index in [9.17, 15) is 0 Å². The molecule has 0 bridgehead atoms. The van der Waals surface area contributed by atoms with E-state index in [1.165, 1.54) is 0 Å². The topological polar surface area (TPSA) is 91.0 Å². The van der Waals surface area contributed by atoms with Gasteiger partial charge in [-0.15, -0.1) is 0 Å². The van der Waals surface area contributed by atoms with E-state index in [0.29, 0.717) is 18.3 Å². The fourth-order valence-corrected chi connectivity index (χ4v) is 1.79. The highest BCUT2D eigenvalue weighted by atomic mass is 16.5. The number of nitrogens with two attached hydrogens (primary N) is 1. The van der Waals surface area contributed by atoms with Crippen molar-refractivity contribution in [2.75, 3.05) is 0 Å². The third-order valence-corrected chi connectivity index (χ3v) is 2.80. The van der Waals surface area contributed by atoms with Crippen molar-refractivity contribution in [3.63, 3.8) is 0 Å². The summed E-state index contributed by atoms with van der Waals surface area (Å²) in [5.74, 6) is 1.70. The first-order valence-corrected chi connectivity index (χ1v) is 5.81. The predicted molar refractivity (Wildman–Crippen MR) is 67.9 cm³/mol. The number of aromatic nitrogens is 3. The van der Waals surface area contributed by atoms with Crippen LogP contribution < -0.4 is 5.73 Å². The standard InChI is InChI=1S/C13H12N4O2/c1-8-11(3-5-18-8)12-16-13(19-17-12)9-2-4-15-10(6-9)7-14/h2-6H,7,14H2,1H3. The predicted octanol–water partition coefficient (Wildman–Crippen LogP) is 2.16. The first-order valence-electron chi connectivity index (χ1n) is 5.81. The molecule has 0 aliphatic heterocycles. The second-order valence-corrected chi connectivity index (χ2v) is 4.05. The SMILES string of the molecule is Cc1occc1-c1noc(-c2ccnc(CN)c2)n1. The Bertz CT molecular complexity index is 702. The van der Waals surface area contributed by atoms with Gasteiger partial charge in [-0.2, -0.15) is 4.98 Å². The normalized spacial score (nSPS) is 10.8. The second-order valence-electron chi connectivity index (χ2n) is 4.05. The molecule has 96 valence electrons. The Hall–Kier alpha value is -2.47. The van der Waals surface area contributed by atoms with E-state index in [1.54, 1.807) is 18.5 Å². The summed E-state index contributed by atoms with van der Waals surface area (Å²) in [5.41, 5.74) is 7.96. The maximum absolute atomic E-state index is 5.56. The van der Waals surface area contributed by atoms with E-state index >= 15 is 0 Å². The summed E-state index contributed by atoms with van der Waals surface area (Å²) >= 11 is 0. The minimum atomic E-state index is 0.371. The van der Waals surface area contributed by atoms with E-state index < -0.39 is 0 Å². The van der Waals surface area contributed by atoms with Crippen LogP contribution in [0, 0.1) is 6.92 Å². The number of hydrogen-bond donors (Lipinski definition) is 1. The summed E-state index contributed by atoms with van der Waals surface area (Å²) in [6.07, 6.45) is 3.27. The van der Waals surface area contributed by atoms with E-state index in [-0.39, 0.29) is 0 Å². The first kappa shape index (κ1) is 11.6. The molecule has 0 aliphatic carbocycles. The van der Waals surface area contributed by atoms with Gasteiger partial charge in [0, 0.05) is 18.3 Å². The van der Waals surface area contributed by atoms with Crippen LogP contribution in [0.1, 0.15) is 11.5 Å².